The Morgan fingerprint density at radius 2 is 1.69 bits per heavy atom. The Morgan fingerprint density at radius 3 is 2.33 bits per heavy atom. The summed E-state index contributed by atoms with van der Waals surface area (Å²) in [5.41, 5.74) is 4.38. The third kappa shape index (κ3) is 4.74. The largest absolute Gasteiger partial charge is 0.504 e. The first-order valence-electron chi connectivity index (χ1n) is 12.0. The van der Waals surface area contributed by atoms with Crippen LogP contribution in [0.1, 0.15) is 29.5 Å². The number of furan rings is 1. The number of aromatic hydroxyl groups is 1. The summed E-state index contributed by atoms with van der Waals surface area (Å²) in [5, 5.41) is 20.8. The number of ether oxygens (including phenoxy) is 1. The van der Waals surface area contributed by atoms with E-state index >= 15 is 0 Å². The van der Waals surface area contributed by atoms with Gasteiger partial charge in [-0.15, -0.1) is 0 Å². The normalized spacial score (nSPS) is 13.8. The molecule has 0 bridgehead atoms. The summed E-state index contributed by atoms with van der Waals surface area (Å²) in [6.45, 7) is 2.68. The Morgan fingerprint density at radius 1 is 1.03 bits per heavy atom. The number of nitrogens with zero attached hydrogens (tertiary/aromatic N) is 3. The summed E-state index contributed by atoms with van der Waals surface area (Å²) in [5.74, 6) is 1.38. The van der Waals surface area contributed by atoms with Crippen molar-refractivity contribution in [2.24, 2.45) is 4.99 Å². The first-order valence-corrected chi connectivity index (χ1v) is 12.0. The second-order valence-corrected chi connectivity index (χ2v) is 8.80. The molecule has 1 saturated heterocycles. The zero-order valence-electron chi connectivity index (χ0n) is 20.1. The van der Waals surface area contributed by atoms with Crippen LogP contribution in [0.3, 0.4) is 0 Å². The summed E-state index contributed by atoms with van der Waals surface area (Å²) in [6.07, 6.45) is 3.99. The topological polar surface area (TPSA) is 82.0 Å². The Kier molecular flexibility index (Phi) is 6.83. The highest BCUT2D eigenvalue weighted by Gasteiger charge is 2.23. The monoisotopic (exact) mass is 477 g/mol. The van der Waals surface area contributed by atoms with Gasteiger partial charge < -0.3 is 14.3 Å². The van der Waals surface area contributed by atoms with Crippen LogP contribution in [-0.2, 0) is 6.54 Å². The van der Waals surface area contributed by atoms with E-state index in [-0.39, 0.29) is 11.6 Å². The highest BCUT2D eigenvalue weighted by Crippen LogP contribution is 2.42. The summed E-state index contributed by atoms with van der Waals surface area (Å²) in [4.78, 5) is 6.91. The molecule has 0 spiro atoms. The fraction of sp³-hybridized carbons (Fsp3) is 0.200. The molecule has 3 aromatic carbocycles. The van der Waals surface area contributed by atoms with Crippen molar-refractivity contribution in [1.29, 1.82) is 5.26 Å². The van der Waals surface area contributed by atoms with E-state index in [1.807, 2.05) is 66.7 Å². The highest BCUT2D eigenvalue weighted by atomic mass is 16.5. The number of hydrogen-bond donors (Lipinski definition) is 1. The van der Waals surface area contributed by atoms with Crippen molar-refractivity contribution in [2.45, 2.75) is 19.4 Å². The van der Waals surface area contributed by atoms with Gasteiger partial charge in [0, 0.05) is 29.4 Å². The quantitative estimate of drug-likeness (QED) is 0.305. The maximum Gasteiger partial charge on any atom is 0.238 e. The molecule has 180 valence electrons. The molecule has 0 amide bonds. The van der Waals surface area contributed by atoms with E-state index in [1.165, 1.54) is 20.0 Å². The lowest BCUT2D eigenvalue weighted by Gasteiger charge is -2.17. The molecular formula is C30H27N3O3. The standard InChI is InChI=1S/C30H27N3O3/c1-35-26-17-21(16-24(28(26)34)20-33-14-8-9-15-33)19-32-30-25(18-31)27(22-10-4-2-5-11-22)29(36-30)23-12-6-3-7-13-23/h2-7,10-13,16-17,19,34H,8-9,14-15,20H2,1H3. The minimum Gasteiger partial charge on any atom is -0.504 e. The fourth-order valence-electron chi connectivity index (χ4n) is 4.64. The number of benzene rings is 3. The van der Waals surface area contributed by atoms with E-state index in [0.29, 0.717) is 23.6 Å². The first kappa shape index (κ1) is 23.4. The molecule has 1 aliphatic heterocycles. The molecule has 0 atom stereocenters. The number of rotatable bonds is 7. The van der Waals surface area contributed by atoms with E-state index in [2.05, 4.69) is 16.0 Å². The average molecular weight is 478 g/mol. The summed E-state index contributed by atoms with van der Waals surface area (Å²) in [6, 6.07) is 25.4. The summed E-state index contributed by atoms with van der Waals surface area (Å²) in [7, 11) is 1.54. The van der Waals surface area contributed by atoms with Gasteiger partial charge in [-0.3, -0.25) is 4.90 Å². The van der Waals surface area contributed by atoms with Gasteiger partial charge in [0.05, 0.1) is 7.11 Å². The van der Waals surface area contributed by atoms with Crippen molar-refractivity contribution in [2.75, 3.05) is 20.2 Å². The number of phenols is 1. The molecule has 2 heterocycles. The van der Waals surface area contributed by atoms with Crippen molar-refractivity contribution < 1.29 is 14.3 Å². The second-order valence-electron chi connectivity index (χ2n) is 8.80. The molecule has 6 nitrogen and oxygen atoms in total. The molecule has 1 aliphatic rings. The highest BCUT2D eigenvalue weighted by molar-refractivity contribution is 5.90. The molecule has 1 fully saturated rings. The number of aliphatic imine (C=N–C) groups is 1. The van der Waals surface area contributed by atoms with Crippen molar-refractivity contribution in [3.63, 3.8) is 0 Å². The van der Waals surface area contributed by atoms with E-state index < -0.39 is 0 Å². The number of phenolic OH excluding ortho intramolecular Hbond substituents is 1. The number of nitriles is 1. The molecule has 0 unspecified atom stereocenters. The molecular weight excluding hydrogens is 450 g/mol. The molecule has 0 radical (unpaired) electrons. The van der Waals surface area contributed by atoms with Crippen LogP contribution in [0.5, 0.6) is 11.5 Å². The van der Waals surface area contributed by atoms with Gasteiger partial charge >= 0.3 is 0 Å². The van der Waals surface area contributed by atoms with Gasteiger partial charge in [0.25, 0.3) is 0 Å². The van der Waals surface area contributed by atoms with Crippen LogP contribution in [0.2, 0.25) is 0 Å². The third-order valence-corrected chi connectivity index (χ3v) is 6.42. The first-order chi connectivity index (χ1) is 17.7. The summed E-state index contributed by atoms with van der Waals surface area (Å²) < 4.78 is 11.6. The molecule has 6 heteroatoms. The zero-order valence-corrected chi connectivity index (χ0v) is 20.1. The Balaban J connectivity index is 1.57. The minimum absolute atomic E-state index is 0.148. The Labute approximate surface area is 210 Å². The van der Waals surface area contributed by atoms with Gasteiger partial charge in [0.15, 0.2) is 11.5 Å². The molecule has 1 aromatic heterocycles. The second kappa shape index (κ2) is 10.5. The van der Waals surface area contributed by atoms with Crippen LogP contribution in [0.25, 0.3) is 22.5 Å². The molecule has 36 heavy (non-hydrogen) atoms. The van der Waals surface area contributed by atoms with Crippen molar-refractivity contribution in [3.8, 4) is 40.0 Å². The molecule has 0 saturated carbocycles. The van der Waals surface area contributed by atoms with Crippen LogP contribution >= 0.6 is 0 Å². The van der Waals surface area contributed by atoms with Crippen molar-refractivity contribution >= 4 is 12.1 Å². The van der Waals surface area contributed by atoms with Gasteiger partial charge in [-0.05, 0) is 49.2 Å². The molecule has 4 aromatic rings. The average Bonchev–Trinajstić information content (AvgIpc) is 3.57. The lowest BCUT2D eigenvalue weighted by molar-refractivity contribution is 0.317. The molecule has 5 rings (SSSR count). The lowest BCUT2D eigenvalue weighted by Crippen LogP contribution is -2.18. The van der Waals surface area contributed by atoms with Gasteiger partial charge in [-0.2, -0.15) is 5.26 Å². The SMILES string of the molecule is COc1cc(C=Nc2oc(-c3ccccc3)c(-c3ccccc3)c2C#N)cc(CN2CCCC2)c1O. The maximum absolute atomic E-state index is 10.7. The van der Waals surface area contributed by atoms with E-state index in [9.17, 15) is 10.4 Å². The lowest BCUT2D eigenvalue weighted by atomic mass is 9.98. The predicted molar refractivity (Wildman–Crippen MR) is 141 cm³/mol. The third-order valence-electron chi connectivity index (χ3n) is 6.42. The maximum atomic E-state index is 10.7. The van der Waals surface area contributed by atoms with Gasteiger partial charge in [0.1, 0.15) is 17.4 Å². The van der Waals surface area contributed by atoms with E-state index in [1.54, 1.807) is 12.3 Å². The van der Waals surface area contributed by atoms with Gasteiger partial charge in [-0.1, -0.05) is 60.7 Å². The zero-order chi connectivity index (χ0) is 24.9. The smallest absolute Gasteiger partial charge is 0.238 e. The predicted octanol–water partition coefficient (Wildman–Crippen LogP) is 6.55. The molecule has 0 aliphatic carbocycles. The van der Waals surface area contributed by atoms with Crippen molar-refractivity contribution in [1.82, 2.24) is 4.90 Å². The van der Waals surface area contributed by atoms with E-state index in [4.69, 9.17) is 9.15 Å². The van der Waals surface area contributed by atoms with Crippen LogP contribution < -0.4 is 4.74 Å². The fourth-order valence-corrected chi connectivity index (χ4v) is 4.64. The van der Waals surface area contributed by atoms with E-state index in [0.717, 1.165) is 40.9 Å². The van der Waals surface area contributed by atoms with Crippen LogP contribution in [0.4, 0.5) is 5.88 Å². The number of hydrogen-bond acceptors (Lipinski definition) is 6. The van der Waals surface area contributed by atoms with Crippen LogP contribution in [0.15, 0.2) is 82.2 Å². The number of likely N-dealkylation sites (tertiary alicyclic amines) is 1. The Bertz CT molecular complexity index is 1410. The number of methoxy groups -OCH3 is 1. The van der Waals surface area contributed by atoms with Gasteiger partial charge in [-0.25, -0.2) is 4.99 Å². The molecule has 1 N–H and O–H groups in total. The van der Waals surface area contributed by atoms with Gasteiger partial charge in [0.2, 0.25) is 5.88 Å². The minimum atomic E-state index is 0.148. The van der Waals surface area contributed by atoms with Crippen LogP contribution in [0, 0.1) is 11.3 Å². The van der Waals surface area contributed by atoms with Crippen LogP contribution in [-0.4, -0.2) is 36.4 Å². The summed E-state index contributed by atoms with van der Waals surface area (Å²) >= 11 is 0. The van der Waals surface area contributed by atoms with Crippen molar-refractivity contribution in [3.05, 3.63) is 89.5 Å². The Hall–Kier alpha value is -4.34.